The van der Waals surface area contributed by atoms with Crippen LogP contribution in [0.15, 0.2) is 23.1 Å². The predicted molar refractivity (Wildman–Crippen MR) is 62.9 cm³/mol. The maximum absolute atomic E-state index is 11.2. The second-order valence-corrected chi connectivity index (χ2v) is 4.69. The van der Waals surface area contributed by atoms with Crippen molar-refractivity contribution >= 4 is 23.4 Å². The zero-order chi connectivity index (χ0) is 11.4. The lowest BCUT2D eigenvalue weighted by Crippen LogP contribution is -2.14. The topological polar surface area (TPSA) is 52.3 Å². The maximum Gasteiger partial charge on any atom is 0.318 e. The largest absolute Gasteiger partial charge is 0.468 e. The molecule has 1 aromatic carbocycles. The zero-order valence-corrected chi connectivity index (χ0v) is 9.93. The SMILES string of the molecule is COC(=O)C(C)Sc1ccc(N)cc1C. The lowest BCUT2D eigenvalue weighted by molar-refractivity contribution is -0.139. The van der Waals surface area contributed by atoms with E-state index in [9.17, 15) is 4.79 Å². The summed E-state index contributed by atoms with van der Waals surface area (Å²) in [4.78, 5) is 12.3. The van der Waals surface area contributed by atoms with E-state index in [4.69, 9.17) is 5.73 Å². The molecule has 15 heavy (non-hydrogen) atoms. The third-order valence-corrected chi connectivity index (χ3v) is 3.29. The van der Waals surface area contributed by atoms with Gasteiger partial charge in [0.05, 0.1) is 7.11 Å². The van der Waals surface area contributed by atoms with Gasteiger partial charge in [-0.1, -0.05) is 0 Å². The molecule has 4 heteroatoms. The van der Waals surface area contributed by atoms with Gasteiger partial charge in [-0.2, -0.15) is 0 Å². The van der Waals surface area contributed by atoms with Crippen molar-refractivity contribution in [3.8, 4) is 0 Å². The number of methoxy groups -OCH3 is 1. The summed E-state index contributed by atoms with van der Waals surface area (Å²) in [5.41, 5.74) is 7.46. The fourth-order valence-corrected chi connectivity index (χ4v) is 2.17. The van der Waals surface area contributed by atoms with Crippen molar-refractivity contribution in [2.24, 2.45) is 0 Å². The van der Waals surface area contributed by atoms with Crippen LogP contribution in [0, 0.1) is 6.92 Å². The molecule has 1 rings (SSSR count). The Morgan fingerprint density at radius 2 is 2.20 bits per heavy atom. The monoisotopic (exact) mass is 225 g/mol. The van der Waals surface area contributed by atoms with Crippen molar-refractivity contribution in [2.45, 2.75) is 24.0 Å². The predicted octanol–water partition coefficient (Wildman–Crippen LogP) is 2.23. The number of carbonyl (C=O) groups excluding carboxylic acids is 1. The number of benzene rings is 1. The molecule has 0 aliphatic carbocycles. The van der Waals surface area contributed by atoms with Crippen LogP contribution in [-0.4, -0.2) is 18.3 Å². The maximum atomic E-state index is 11.2. The first-order valence-corrected chi connectivity index (χ1v) is 5.53. The number of hydrogen-bond donors (Lipinski definition) is 1. The smallest absolute Gasteiger partial charge is 0.318 e. The molecule has 3 nitrogen and oxygen atoms in total. The molecule has 0 fully saturated rings. The number of hydrogen-bond acceptors (Lipinski definition) is 4. The van der Waals surface area contributed by atoms with Crippen molar-refractivity contribution in [1.82, 2.24) is 0 Å². The van der Waals surface area contributed by atoms with Gasteiger partial charge in [0, 0.05) is 10.6 Å². The Kier molecular flexibility index (Phi) is 4.03. The Morgan fingerprint density at radius 1 is 1.53 bits per heavy atom. The molecule has 0 radical (unpaired) electrons. The summed E-state index contributed by atoms with van der Waals surface area (Å²) < 4.78 is 4.66. The molecular weight excluding hydrogens is 210 g/mol. The second-order valence-electron chi connectivity index (χ2n) is 3.31. The number of carbonyl (C=O) groups is 1. The van der Waals surface area contributed by atoms with E-state index in [2.05, 4.69) is 4.74 Å². The van der Waals surface area contributed by atoms with Crippen LogP contribution in [0.5, 0.6) is 0 Å². The van der Waals surface area contributed by atoms with E-state index in [1.807, 2.05) is 32.0 Å². The van der Waals surface area contributed by atoms with Crippen LogP contribution in [0.25, 0.3) is 0 Å². The van der Waals surface area contributed by atoms with E-state index in [0.29, 0.717) is 0 Å². The first kappa shape index (κ1) is 11.9. The Morgan fingerprint density at radius 3 is 2.73 bits per heavy atom. The highest BCUT2D eigenvalue weighted by molar-refractivity contribution is 8.00. The van der Waals surface area contributed by atoms with Crippen molar-refractivity contribution < 1.29 is 9.53 Å². The highest BCUT2D eigenvalue weighted by Crippen LogP contribution is 2.28. The summed E-state index contributed by atoms with van der Waals surface area (Å²) >= 11 is 1.48. The molecule has 1 aromatic rings. The minimum absolute atomic E-state index is 0.197. The lowest BCUT2D eigenvalue weighted by Gasteiger charge is -2.11. The molecule has 0 heterocycles. The second kappa shape index (κ2) is 5.07. The summed E-state index contributed by atoms with van der Waals surface area (Å²) in [6.45, 7) is 3.80. The van der Waals surface area contributed by atoms with E-state index in [0.717, 1.165) is 16.1 Å². The molecule has 1 atom stereocenters. The van der Waals surface area contributed by atoms with E-state index in [1.54, 1.807) is 0 Å². The first-order valence-electron chi connectivity index (χ1n) is 4.65. The summed E-state index contributed by atoms with van der Waals surface area (Å²) in [5, 5.41) is -0.197. The minimum atomic E-state index is -0.212. The van der Waals surface area contributed by atoms with Gasteiger partial charge in [-0.25, -0.2) is 0 Å². The van der Waals surface area contributed by atoms with Crippen LogP contribution in [0.1, 0.15) is 12.5 Å². The highest BCUT2D eigenvalue weighted by Gasteiger charge is 2.15. The molecule has 0 aromatic heterocycles. The van der Waals surface area contributed by atoms with E-state index < -0.39 is 0 Å². The number of rotatable bonds is 3. The Labute approximate surface area is 94.0 Å². The van der Waals surface area contributed by atoms with Gasteiger partial charge in [0.25, 0.3) is 0 Å². The van der Waals surface area contributed by atoms with Crippen molar-refractivity contribution in [2.75, 3.05) is 12.8 Å². The first-order chi connectivity index (χ1) is 7.04. The minimum Gasteiger partial charge on any atom is -0.468 e. The molecule has 0 bridgehead atoms. The molecule has 1 unspecified atom stereocenters. The molecule has 0 aliphatic heterocycles. The number of nitrogens with two attached hydrogens (primary N) is 1. The average Bonchev–Trinajstić information content (AvgIpc) is 2.20. The van der Waals surface area contributed by atoms with Crippen molar-refractivity contribution in [3.63, 3.8) is 0 Å². The molecule has 82 valence electrons. The number of anilines is 1. The van der Waals surface area contributed by atoms with Crippen molar-refractivity contribution in [1.29, 1.82) is 0 Å². The van der Waals surface area contributed by atoms with Crippen LogP contribution < -0.4 is 5.73 Å². The van der Waals surface area contributed by atoms with Gasteiger partial charge in [0.1, 0.15) is 5.25 Å². The van der Waals surface area contributed by atoms with Crippen LogP contribution in [0.2, 0.25) is 0 Å². The van der Waals surface area contributed by atoms with Gasteiger partial charge in [0.2, 0.25) is 0 Å². The van der Waals surface area contributed by atoms with Gasteiger partial charge in [-0.05, 0) is 37.6 Å². The number of thioether (sulfide) groups is 1. The third-order valence-electron chi connectivity index (χ3n) is 2.04. The third kappa shape index (κ3) is 3.16. The summed E-state index contributed by atoms with van der Waals surface area (Å²) in [6, 6.07) is 5.65. The molecule has 0 amide bonds. The van der Waals surface area contributed by atoms with Gasteiger partial charge >= 0.3 is 5.97 Å². The summed E-state index contributed by atoms with van der Waals surface area (Å²) in [6.07, 6.45) is 0. The molecule has 0 saturated heterocycles. The summed E-state index contributed by atoms with van der Waals surface area (Å²) in [7, 11) is 1.40. The quantitative estimate of drug-likeness (QED) is 0.487. The average molecular weight is 225 g/mol. The normalized spacial score (nSPS) is 12.2. The van der Waals surface area contributed by atoms with E-state index in [1.165, 1.54) is 18.9 Å². The Hall–Kier alpha value is -1.16. The lowest BCUT2D eigenvalue weighted by atomic mass is 10.2. The van der Waals surface area contributed by atoms with Crippen molar-refractivity contribution in [3.05, 3.63) is 23.8 Å². The molecule has 2 N–H and O–H groups in total. The van der Waals surface area contributed by atoms with Crippen LogP contribution >= 0.6 is 11.8 Å². The number of ether oxygens (including phenoxy) is 1. The Balaban J connectivity index is 2.76. The molecular formula is C11H15NO2S. The highest BCUT2D eigenvalue weighted by atomic mass is 32.2. The van der Waals surface area contributed by atoms with Crippen LogP contribution in [0.3, 0.4) is 0 Å². The zero-order valence-electron chi connectivity index (χ0n) is 9.11. The van der Waals surface area contributed by atoms with Crippen LogP contribution in [-0.2, 0) is 9.53 Å². The van der Waals surface area contributed by atoms with Gasteiger partial charge in [-0.3, -0.25) is 4.79 Å². The Bertz CT molecular complexity index is 366. The fourth-order valence-electron chi connectivity index (χ4n) is 1.21. The van der Waals surface area contributed by atoms with Crippen LogP contribution in [0.4, 0.5) is 5.69 Å². The molecule has 0 aliphatic rings. The van der Waals surface area contributed by atoms with Gasteiger partial charge < -0.3 is 10.5 Å². The van der Waals surface area contributed by atoms with Gasteiger partial charge in [0.15, 0.2) is 0 Å². The molecule has 0 spiro atoms. The molecule has 0 saturated carbocycles. The fraction of sp³-hybridized carbons (Fsp3) is 0.364. The van der Waals surface area contributed by atoms with E-state index in [-0.39, 0.29) is 11.2 Å². The number of aryl methyl sites for hydroxylation is 1. The summed E-state index contributed by atoms with van der Waals surface area (Å²) in [5.74, 6) is -0.212. The van der Waals surface area contributed by atoms with E-state index >= 15 is 0 Å². The standard InChI is InChI=1S/C11H15NO2S/c1-7-6-9(12)4-5-10(7)15-8(2)11(13)14-3/h4-6,8H,12H2,1-3H3. The number of esters is 1. The van der Waals surface area contributed by atoms with Gasteiger partial charge in [-0.15, -0.1) is 11.8 Å². The number of nitrogen functional groups attached to an aromatic ring is 1.